The van der Waals surface area contributed by atoms with Crippen molar-refractivity contribution in [2.24, 2.45) is 0 Å². The molecule has 0 aromatic heterocycles. The number of halogens is 1. The zero-order valence-electron chi connectivity index (χ0n) is 47.1. The smallest absolute Gasteiger partial charge is 0.500 e. The molecule has 0 aromatic carbocycles. The summed E-state index contributed by atoms with van der Waals surface area (Å²) >= 11 is 0. The van der Waals surface area contributed by atoms with Crippen LogP contribution in [0.2, 0.25) is 12.1 Å². The van der Waals surface area contributed by atoms with E-state index in [9.17, 15) is 0 Å². The predicted molar refractivity (Wildman–Crippen MR) is 286 cm³/mol. The van der Waals surface area contributed by atoms with Gasteiger partial charge in [-0.25, -0.2) is 0 Å². The topological polar surface area (TPSA) is 78.4 Å². The van der Waals surface area contributed by atoms with Gasteiger partial charge in [0, 0.05) is 67.6 Å². The highest BCUT2D eigenvalue weighted by Crippen LogP contribution is 2.20. The van der Waals surface area contributed by atoms with Crippen molar-refractivity contribution >= 4 is 17.6 Å². The third-order valence-electron chi connectivity index (χ3n) is 13.6. The number of quaternary nitrogens is 2. The van der Waals surface area contributed by atoms with Crippen molar-refractivity contribution in [2.75, 3.05) is 104 Å². The van der Waals surface area contributed by atoms with Crippen LogP contribution < -0.4 is 17.5 Å². The Bertz CT molecular complexity index is 831. The first-order valence-corrected chi connectivity index (χ1v) is 31.7. The second-order valence-corrected chi connectivity index (χ2v) is 26.6. The second-order valence-electron chi connectivity index (χ2n) is 20.5. The molecule has 0 unspecified atom stereocenters. The first-order chi connectivity index (χ1) is 31.3. The molecule has 0 aliphatic rings. The Morgan fingerprint density at radius 3 is 0.606 bits per heavy atom. The van der Waals surface area contributed by atoms with Crippen molar-refractivity contribution in [3.05, 3.63) is 0 Å². The van der Waals surface area contributed by atoms with E-state index in [-0.39, 0.29) is 19.0 Å². The maximum atomic E-state index is 8.93. The zero-order valence-corrected chi connectivity index (χ0v) is 49.9. The van der Waals surface area contributed by atoms with Gasteiger partial charge in [0.15, 0.2) is 0 Å². The van der Waals surface area contributed by atoms with Crippen LogP contribution in [0.4, 0.5) is 0 Å². The molecule has 0 spiro atoms. The summed E-state index contributed by atoms with van der Waals surface area (Å²) in [5, 5.41) is 8.93. The highest BCUT2D eigenvalue weighted by atomic mass is 35.5. The molecule has 0 aliphatic carbocycles. The summed E-state index contributed by atoms with van der Waals surface area (Å²) in [5.74, 6) is 0. The molecular weight excluding hydrogens is 880 g/mol. The third kappa shape index (κ3) is 49.3. The van der Waals surface area contributed by atoms with Crippen LogP contribution in [-0.2, 0) is 26.6 Å². The van der Waals surface area contributed by atoms with E-state index in [1.807, 2.05) is 0 Å². The fraction of sp³-hybridized carbons (Fsp3) is 1.00. The summed E-state index contributed by atoms with van der Waals surface area (Å²) in [6.45, 7) is 11.0. The van der Waals surface area contributed by atoms with Gasteiger partial charge in [-0.15, -0.1) is 6.61 Å². The molecule has 0 aliphatic heterocycles. The molecule has 0 N–H and O–H groups in total. The summed E-state index contributed by atoms with van der Waals surface area (Å²) in [4.78, 5) is 0. The van der Waals surface area contributed by atoms with Crippen molar-refractivity contribution in [3.8, 4) is 0 Å². The van der Waals surface area contributed by atoms with Gasteiger partial charge in [-0.05, 0) is 25.7 Å². The Morgan fingerprint density at radius 1 is 0.288 bits per heavy atom. The van der Waals surface area contributed by atoms with Crippen LogP contribution in [0.3, 0.4) is 0 Å². The Balaban J connectivity index is -0.000000541. The van der Waals surface area contributed by atoms with Crippen LogP contribution in [0.15, 0.2) is 0 Å². The SMILES string of the molecule is CCCCCCCCCCCCCCCCCC[N+](C)(C)CCC[Si](OC)(OC)OC.CCCCCCCCCCCCCCCCCC[N+](C)(C)CCC[Si](OC)(OC)OC.CC[O-].[Cl-]. The van der Waals surface area contributed by atoms with E-state index in [4.69, 9.17) is 31.7 Å². The number of hydrogen-bond donors (Lipinski definition) is 0. The van der Waals surface area contributed by atoms with Gasteiger partial charge in [0.1, 0.15) is 0 Å². The van der Waals surface area contributed by atoms with Crippen molar-refractivity contribution in [1.82, 2.24) is 0 Å². The van der Waals surface area contributed by atoms with E-state index in [0.29, 0.717) is 0 Å². The predicted octanol–water partition coefficient (Wildman–Crippen LogP) is 11.6. The minimum atomic E-state index is -2.40. The number of nitrogens with zero attached hydrogens (tertiary/aromatic N) is 2. The van der Waals surface area contributed by atoms with Gasteiger partial charge in [0.2, 0.25) is 0 Å². The first kappa shape index (κ1) is 72.9. The molecule has 0 bridgehead atoms. The largest absolute Gasteiger partial charge is 1.00 e. The molecule has 9 nitrogen and oxygen atoms in total. The Kier molecular flexibility index (Phi) is 58.7. The molecule has 0 radical (unpaired) electrons. The minimum absolute atomic E-state index is 0. The van der Waals surface area contributed by atoms with Gasteiger partial charge < -0.3 is 53.0 Å². The molecule has 0 amide bonds. The molecule has 66 heavy (non-hydrogen) atoms. The van der Waals surface area contributed by atoms with Crippen LogP contribution in [0.5, 0.6) is 0 Å². The Labute approximate surface area is 423 Å². The lowest BCUT2D eigenvalue weighted by molar-refractivity contribution is -0.890. The third-order valence-corrected chi connectivity index (χ3v) is 19.3. The van der Waals surface area contributed by atoms with Crippen molar-refractivity contribution in [1.29, 1.82) is 0 Å². The highest BCUT2D eigenvalue weighted by molar-refractivity contribution is 6.60. The first-order valence-electron chi connectivity index (χ1n) is 27.8. The Morgan fingerprint density at radius 2 is 0.439 bits per heavy atom. The molecule has 0 saturated carbocycles. The van der Waals surface area contributed by atoms with E-state index in [0.717, 1.165) is 47.0 Å². The van der Waals surface area contributed by atoms with Crippen LogP contribution in [0.1, 0.15) is 239 Å². The zero-order chi connectivity index (χ0) is 49.2. The molecule has 0 atom stereocenters. The van der Waals surface area contributed by atoms with Crippen LogP contribution in [0, 0.1) is 0 Å². The quantitative estimate of drug-likeness (QED) is 0.0341. The second kappa shape index (κ2) is 53.2. The summed E-state index contributed by atoms with van der Waals surface area (Å²) < 4.78 is 35.4. The summed E-state index contributed by atoms with van der Waals surface area (Å²) in [6.07, 6.45) is 48.0. The summed E-state index contributed by atoms with van der Waals surface area (Å²) in [5.41, 5.74) is 0. The maximum absolute atomic E-state index is 8.93. The lowest BCUT2D eigenvalue weighted by atomic mass is 10.0. The van der Waals surface area contributed by atoms with Gasteiger partial charge in [0.05, 0.1) is 54.4 Å². The normalized spacial score (nSPS) is 12.1. The van der Waals surface area contributed by atoms with Crippen LogP contribution in [-0.4, -0.2) is 130 Å². The molecule has 12 heteroatoms. The molecule has 0 heterocycles. The van der Waals surface area contributed by atoms with E-state index in [1.54, 1.807) is 49.6 Å². The monoisotopic (exact) mass is 1000 g/mol. The maximum Gasteiger partial charge on any atom is 0.500 e. The molecule has 0 rings (SSSR count). The van der Waals surface area contributed by atoms with Gasteiger partial charge in [0.25, 0.3) is 0 Å². The van der Waals surface area contributed by atoms with Crippen LogP contribution in [0.25, 0.3) is 0 Å². The highest BCUT2D eigenvalue weighted by Gasteiger charge is 2.38. The van der Waals surface area contributed by atoms with E-state index in [1.165, 1.54) is 219 Å². The van der Waals surface area contributed by atoms with Gasteiger partial charge in [-0.2, -0.15) is 0 Å². The average molecular weight is 1000 g/mol. The molecule has 404 valence electrons. The standard InChI is InChI=1S/2C26H58NO3Si.C2H5O.ClH/c2*1-7-8-9-10-11-12-13-14-15-16-17-18-19-20-21-22-24-27(2,3)25-23-26-31(28-4,29-5)30-6;1-2-3;/h2*7-26H2,1-6H3;2H2,1H3;1H/q2*+1;-1;/p-1. The number of unbranched alkanes of at least 4 members (excludes halogenated alkanes) is 30. The lowest BCUT2D eigenvalue weighted by Gasteiger charge is -2.31. The van der Waals surface area contributed by atoms with E-state index >= 15 is 0 Å². The van der Waals surface area contributed by atoms with Crippen molar-refractivity contribution < 1.29 is 53.0 Å². The molecule has 0 aromatic rings. The fourth-order valence-corrected chi connectivity index (χ4v) is 12.4. The average Bonchev–Trinajstić information content (AvgIpc) is 3.29. The Hall–Kier alpha value is 0.364. The summed E-state index contributed by atoms with van der Waals surface area (Å²) in [6, 6.07) is 1.80. The number of hydrogen-bond acceptors (Lipinski definition) is 7. The van der Waals surface area contributed by atoms with Crippen molar-refractivity contribution in [3.63, 3.8) is 0 Å². The summed E-state index contributed by atoms with van der Waals surface area (Å²) in [7, 11) is 14.8. The van der Waals surface area contributed by atoms with Gasteiger partial charge in [-0.3, -0.25) is 0 Å². The fourth-order valence-electron chi connectivity index (χ4n) is 8.96. The van der Waals surface area contributed by atoms with Gasteiger partial charge in [-0.1, -0.05) is 201 Å². The minimum Gasteiger partial charge on any atom is -1.00 e. The lowest BCUT2D eigenvalue weighted by Crippen LogP contribution is -3.00. The van der Waals surface area contributed by atoms with E-state index < -0.39 is 17.6 Å². The number of rotatable bonds is 48. The molecular formula is C54H121ClN2O7Si2. The molecule has 0 saturated heterocycles. The van der Waals surface area contributed by atoms with E-state index in [2.05, 4.69) is 42.0 Å². The van der Waals surface area contributed by atoms with Crippen molar-refractivity contribution in [2.45, 2.75) is 251 Å². The van der Waals surface area contributed by atoms with Crippen LogP contribution >= 0.6 is 0 Å². The van der Waals surface area contributed by atoms with Gasteiger partial charge >= 0.3 is 17.6 Å². The molecule has 0 fully saturated rings.